The molecule has 0 aliphatic rings. The van der Waals surface area contributed by atoms with E-state index in [2.05, 4.69) is 28.1 Å². The first-order chi connectivity index (χ1) is 16.3. The number of aromatic carboxylic acids is 1. The second kappa shape index (κ2) is 21.9. The van der Waals surface area contributed by atoms with Crippen LogP contribution < -0.4 is 5.11 Å². The van der Waals surface area contributed by atoms with Crippen molar-refractivity contribution in [2.24, 2.45) is 0 Å². The summed E-state index contributed by atoms with van der Waals surface area (Å²) in [5.74, 6) is -1.62. The van der Waals surface area contributed by atoms with Gasteiger partial charge in [-0.05, 0) is 18.9 Å². The number of hydrogen-bond acceptors (Lipinski definition) is 2. The van der Waals surface area contributed by atoms with Gasteiger partial charge in [-0.1, -0.05) is 134 Å². The fraction of sp³-hybridized carbons (Fsp3) is 0.767. The lowest BCUT2D eigenvalue weighted by Gasteiger charge is -2.23. The predicted octanol–water partition coefficient (Wildman–Crippen LogP) is 8.19. The lowest BCUT2D eigenvalue weighted by Crippen LogP contribution is -2.35. The smallest absolute Gasteiger partial charge is 0.335 e. The van der Waals surface area contributed by atoms with E-state index in [1.165, 1.54) is 146 Å². The summed E-state index contributed by atoms with van der Waals surface area (Å²) in [6.07, 6.45) is 26.3. The van der Waals surface area contributed by atoms with Gasteiger partial charge in [0.05, 0.1) is 33.3 Å². The SMILES string of the molecule is CCCCCCCCCCCCCCCCCCCC[N+](C)(C)C.O=C(O)c1ccccc1[O-]. The van der Waals surface area contributed by atoms with Gasteiger partial charge >= 0.3 is 5.97 Å². The van der Waals surface area contributed by atoms with Gasteiger partial charge in [0, 0.05) is 0 Å². The molecule has 0 bridgehead atoms. The predicted molar refractivity (Wildman–Crippen MR) is 145 cm³/mol. The molecule has 198 valence electrons. The monoisotopic (exact) mass is 477 g/mol. The molecule has 4 heteroatoms. The van der Waals surface area contributed by atoms with Crippen LogP contribution in [0.15, 0.2) is 24.3 Å². The molecule has 0 atom stereocenters. The van der Waals surface area contributed by atoms with E-state index in [1.54, 1.807) is 0 Å². The number of carbonyl (C=O) groups is 1. The summed E-state index contributed by atoms with van der Waals surface area (Å²) in [6.45, 7) is 3.63. The maximum Gasteiger partial charge on any atom is 0.335 e. The Hall–Kier alpha value is -1.55. The van der Waals surface area contributed by atoms with E-state index in [1.807, 2.05) is 0 Å². The third kappa shape index (κ3) is 22.3. The Morgan fingerprint density at radius 2 is 1.03 bits per heavy atom. The minimum Gasteiger partial charge on any atom is -0.872 e. The maximum absolute atomic E-state index is 10.7. The van der Waals surface area contributed by atoms with Crippen LogP contribution in [-0.4, -0.2) is 43.2 Å². The summed E-state index contributed by atoms with van der Waals surface area (Å²) in [6, 6.07) is 5.54. The van der Waals surface area contributed by atoms with E-state index < -0.39 is 11.7 Å². The number of hydrogen-bond donors (Lipinski definition) is 1. The van der Waals surface area contributed by atoms with Crippen LogP contribution in [0.2, 0.25) is 0 Å². The molecule has 0 saturated heterocycles. The molecule has 1 aromatic carbocycles. The van der Waals surface area contributed by atoms with Crippen molar-refractivity contribution >= 4 is 5.97 Å². The molecule has 0 aliphatic heterocycles. The van der Waals surface area contributed by atoms with Crippen molar-refractivity contribution in [2.45, 2.75) is 122 Å². The highest BCUT2D eigenvalue weighted by atomic mass is 16.4. The first-order valence-electron chi connectivity index (χ1n) is 14.1. The van der Waals surface area contributed by atoms with Crippen LogP contribution in [0, 0.1) is 0 Å². The standard InChI is InChI=1S/C23H50N.C7H6O3/c1-5-6-7-8-9-10-11-12-13-14-15-16-17-18-19-20-21-22-23-24(2,3)4;8-6-4-2-1-3-5(6)7(9)10/h5-23H2,1-4H3;1-4,8H,(H,9,10)/q+1;/p-1. The van der Waals surface area contributed by atoms with Gasteiger partial charge in [-0.15, -0.1) is 0 Å². The summed E-state index contributed by atoms with van der Waals surface area (Å²) in [4.78, 5) is 10.2. The third-order valence-corrected chi connectivity index (χ3v) is 6.30. The van der Waals surface area contributed by atoms with Crippen molar-refractivity contribution in [2.75, 3.05) is 27.7 Å². The Kier molecular flexibility index (Phi) is 20.9. The minimum absolute atomic E-state index is 0.178. The fourth-order valence-electron chi connectivity index (χ4n) is 4.13. The number of carboxylic acid groups (broad SMARTS) is 1. The highest BCUT2D eigenvalue weighted by Crippen LogP contribution is 2.14. The summed E-state index contributed by atoms with van der Waals surface area (Å²) in [5.41, 5.74) is -0.178. The van der Waals surface area contributed by atoms with E-state index in [4.69, 9.17) is 5.11 Å². The molecule has 4 nitrogen and oxygen atoms in total. The van der Waals surface area contributed by atoms with Gasteiger partial charge in [-0.2, -0.15) is 0 Å². The fourth-order valence-corrected chi connectivity index (χ4v) is 4.13. The molecule has 0 heterocycles. The average molecular weight is 478 g/mol. The largest absolute Gasteiger partial charge is 0.872 e. The molecule has 0 radical (unpaired) electrons. The number of carboxylic acids is 1. The molecule has 0 spiro atoms. The van der Waals surface area contributed by atoms with Gasteiger partial charge in [-0.25, -0.2) is 4.79 Å². The quantitative estimate of drug-likeness (QED) is 0.152. The molecule has 0 saturated carbocycles. The Bertz CT molecular complexity index is 595. The molecule has 1 aromatic rings. The summed E-state index contributed by atoms with van der Waals surface area (Å²) in [7, 11) is 6.90. The number of quaternary nitrogens is 1. The Balaban J connectivity index is 0.000000896. The molecule has 1 rings (SSSR count). The lowest BCUT2D eigenvalue weighted by molar-refractivity contribution is -0.870. The van der Waals surface area contributed by atoms with Crippen LogP contribution in [-0.2, 0) is 0 Å². The molecule has 0 aromatic heterocycles. The van der Waals surface area contributed by atoms with Crippen molar-refractivity contribution in [3.05, 3.63) is 29.8 Å². The Morgan fingerprint density at radius 3 is 1.32 bits per heavy atom. The number of para-hydroxylation sites is 1. The molecule has 0 aliphatic carbocycles. The van der Waals surface area contributed by atoms with E-state index in [-0.39, 0.29) is 5.56 Å². The van der Waals surface area contributed by atoms with Gasteiger partial charge in [-0.3, -0.25) is 0 Å². The van der Waals surface area contributed by atoms with Crippen molar-refractivity contribution in [3.63, 3.8) is 0 Å². The molecular weight excluding hydrogens is 422 g/mol. The van der Waals surface area contributed by atoms with E-state index in [0.717, 1.165) is 4.48 Å². The topological polar surface area (TPSA) is 60.4 Å². The number of rotatable bonds is 20. The van der Waals surface area contributed by atoms with Crippen LogP contribution in [0.5, 0.6) is 5.75 Å². The van der Waals surface area contributed by atoms with E-state index >= 15 is 0 Å². The van der Waals surface area contributed by atoms with Gasteiger partial charge in [0.2, 0.25) is 0 Å². The lowest BCUT2D eigenvalue weighted by atomic mass is 10.0. The zero-order chi connectivity index (χ0) is 25.5. The summed E-state index contributed by atoms with van der Waals surface area (Å²) < 4.78 is 1.12. The normalized spacial score (nSPS) is 11.2. The first kappa shape index (κ1) is 32.5. The van der Waals surface area contributed by atoms with Crippen molar-refractivity contribution in [3.8, 4) is 5.75 Å². The molecular formula is C30H55NO3. The molecule has 34 heavy (non-hydrogen) atoms. The molecule has 1 N–H and O–H groups in total. The highest BCUT2D eigenvalue weighted by Gasteiger charge is 2.05. The van der Waals surface area contributed by atoms with Crippen molar-refractivity contribution in [1.82, 2.24) is 0 Å². The van der Waals surface area contributed by atoms with Gasteiger partial charge in [0.25, 0.3) is 0 Å². The van der Waals surface area contributed by atoms with Crippen molar-refractivity contribution in [1.29, 1.82) is 0 Å². The van der Waals surface area contributed by atoms with Crippen molar-refractivity contribution < 1.29 is 19.5 Å². The van der Waals surface area contributed by atoms with E-state index in [0.29, 0.717) is 0 Å². The Morgan fingerprint density at radius 1 is 0.676 bits per heavy atom. The second-order valence-electron chi connectivity index (χ2n) is 10.8. The number of benzene rings is 1. The summed E-state index contributed by atoms with van der Waals surface area (Å²) >= 11 is 0. The second-order valence-corrected chi connectivity index (χ2v) is 10.8. The Labute approximate surface area is 211 Å². The average Bonchev–Trinajstić information content (AvgIpc) is 2.78. The number of nitrogens with zero attached hydrogens (tertiary/aromatic N) is 1. The van der Waals surface area contributed by atoms with Crippen LogP contribution in [0.1, 0.15) is 133 Å². The van der Waals surface area contributed by atoms with Gasteiger partial charge in [0.1, 0.15) is 0 Å². The van der Waals surface area contributed by atoms with Crippen LogP contribution in [0.3, 0.4) is 0 Å². The van der Waals surface area contributed by atoms with Crippen LogP contribution in [0.4, 0.5) is 0 Å². The zero-order valence-corrected chi connectivity index (χ0v) is 23.0. The summed E-state index contributed by atoms with van der Waals surface area (Å²) in [5, 5.41) is 19.0. The van der Waals surface area contributed by atoms with Gasteiger partial charge in [0.15, 0.2) is 0 Å². The van der Waals surface area contributed by atoms with Crippen LogP contribution >= 0.6 is 0 Å². The zero-order valence-electron chi connectivity index (χ0n) is 23.0. The number of unbranched alkanes of at least 4 members (excludes halogenated alkanes) is 17. The van der Waals surface area contributed by atoms with Crippen LogP contribution in [0.25, 0.3) is 0 Å². The highest BCUT2D eigenvalue weighted by molar-refractivity contribution is 5.90. The molecule has 0 fully saturated rings. The van der Waals surface area contributed by atoms with E-state index in [9.17, 15) is 9.90 Å². The third-order valence-electron chi connectivity index (χ3n) is 6.30. The minimum atomic E-state index is -1.18. The molecule has 0 amide bonds. The maximum atomic E-state index is 10.7. The molecule has 0 unspecified atom stereocenters. The van der Waals surface area contributed by atoms with Gasteiger partial charge < -0.3 is 14.7 Å². The first-order valence-corrected chi connectivity index (χ1v) is 14.1.